The summed E-state index contributed by atoms with van der Waals surface area (Å²) < 4.78 is 60.2. The number of pyridine rings is 1. The second-order valence-electron chi connectivity index (χ2n) is 8.50. The molecule has 2 aromatic carbocycles. The minimum Gasteiger partial charge on any atom is -0.436 e. The quantitative estimate of drug-likeness (QED) is 0.262. The third kappa shape index (κ3) is 4.78. The third-order valence-corrected chi connectivity index (χ3v) is 6.23. The van der Waals surface area contributed by atoms with Gasteiger partial charge >= 0.3 is 0 Å². The van der Waals surface area contributed by atoms with E-state index in [9.17, 15) is 22.0 Å². The highest BCUT2D eigenvalue weighted by Crippen LogP contribution is 2.29. The van der Waals surface area contributed by atoms with E-state index in [1.54, 1.807) is 25.1 Å². The fourth-order valence-electron chi connectivity index (χ4n) is 3.86. The monoisotopic (exact) mass is 538 g/mol. The number of fused-ring (bicyclic) bond motifs is 1. The van der Waals surface area contributed by atoms with Crippen molar-refractivity contribution in [3.05, 3.63) is 89.4 Å². The van der Waals surface area contributed by atoms with Crippen LogP contribution in [0, 0.1) is 18.6 Å². The number of hydrogen-bond donors (Lipinski definition) is 3. The molecule has 0 atom stereocenters. The Morgan fingerprint density at radius 3 is 2.58 bits per heavy atom. The first-order chi connectivity index (χ1) is 18.0. The zero-order valence-corrected chi connectivity index (χ0v) is 20.8. The number of hydrogen-bond acceptors (Lipinski definition) is 7. The van der Waals surface area contributed by atoms with Gasteiger partial charge in [0.05, 0.1) is 41.3 Å². The van der Waals surface area contributed by atoms with Crippen LogP contribution < -0.4 is 15.2 Å². The van der Waals surface area contributed by atoms with Gasteiger partial charge in [-0.2, -0.15) is 5.10 Å². The van der Waals surface area contributed by atoms with Gasteiger partial charge in [0.1, 0.15) is 11.6 Å². The minimum absolute atomic E-state index is 0.0241. The highest BCUT2D eigenvalue weighted by molar-refractivity contribution is 7.92. The smallest absolute Gasteiger partial charge is 0.229 e. The molecule has 0 unspecified atom stereocenters. The maximum Gasteiger partial charge on any atom is 0.229 e. The molecule has 38 heavy (non-hydrogen) atoms. The topological polar surface area (TPSA) is 145 Å². The van der Waals surface area contributed by atoms with Crippen molar-refractivity contribution in [1.29, 1.82) is 0 Å². The van der Waals surface area contributed by atoms with Crippen LogP contribution in [-0.2, 0) is 10.0 Å². The Morgan fingerprint density at radius 2 is 1.87 bits per heavy atom. The summed E-state index contributed by atoms with van der Waals surface area (Å²) in [6.07, 6.45) is 3.64. The van der Waals surface area contributed by atoms with Gasteiger partial charge in [-0.15, -0.1) is 0 Å². The van der Waals surface area contributed by atoms with Crippen LogP contribution in [0.5, 0.6) is 11.6 Å². The number of nitrogens with one attached hydrogen (secondary N) is 2. The molecule has 194 valence electrons. The number of nitrogens with zero attached hydrogens (tertiary/aromatic N) is 3. The molecular weight excluding hydrogens is 518 g/mol. The number of carbonyl (C=O) groups is 1. The molecule has 0 spiro atoms. The highest BCUT2D eigenvalue weighted by Gasteiger charge is 2.21. The SMILES string of the molecule is Cc1cc(Oc2ccccc2F)ncc1-n1ncc(C(=O)c2cc3cc(F)c(NS(C)(=O)=O)cc3[nH]2)c1N. The number of nitrogen functional groups attached to an aromatic ring is 1. The number of carbonyl (C=O) groups excluding carboxylic acids is 1. The number of sulfonamides is 1. The van der Waals surface area contributed by atoms with Crippen LogP contribution in [0.15, 0.2) is 60.9 Å². The van der Waals surface area contributed by atoms with E-state index in [4.69, 9.17) is 10.5 Å². The molecule has 3 aromatic heterocycles. The molecule has 4 N–H and O–H groups in total. The van der Waals surface area contributed by atoms with E-state index < -0.39 is 27.4 Å². The zero-order chi connectivity index (χ0) is 27.2. The van der Waals surface area contributed by atoms with Gasteiger partial charge in [0.2, 0.25) is 21.7 Å². The third-order valence-electron chi connectivity index (χ3n) is 5.64. The van der Waals surface area contributed by atoms with E-state index in [0.717, 1.165) is 12.3 Å². The van der Waals surface area contributed by atoms with E-state index in [1.165, 1.54) is 41.3 Å². The summed E-state index contributed by atoms with van der Waals surface area (Å²) in [7, 11) is -3.70. The van der Waals surface area contributed by atoms with Crippen molar-refractivity contribution in [3.8, 4) is 17.3 Å². The molecule has 0 fully saturated rings. The Hall–Kier alpha value is -4.78. The van der Waals surface area contributed by atoms with Gasteiger partial charge in [0.15, 0.2) is 11.6 Å². The number of benzene rings is 2. The van der Waals surface area contributed by atoms with Crippen LogP contribution in [-0.4, -0.2) is 40.2 Å². The van der Waals surface area contributed by atoms with E-state index in [1.807, 2.05) is 0 Å². The van der Waals surface area contributed by atoms with Crippen LogP contribution in [0.2, 0.25) is 0 Å². The molecule has 0 amide bonds. The van der Waals surface area contributed by atoms with Crippen LogP contribution in [0.25, 0.3) is 16.6 Å². The lowest BCUT2D eigenvalue weighted by Gasteiger charge is -2.11. The number of halogens is 2. The van der Waals surface area contributed by atoms with Crippen LogP contribution in [0.3, 0.4) is 0 Å². The van der Waals surface area contributed by atoms with Gasteiger partial charge in [-0.1, -0.05) is 12.1 Å². The summed E-state index contributed by atoms with van der Waals surface area (Å²) in [6.45, 7) is 1.75. The Labute approximate surface area is 215 Å². The largest absolute Gasteiger partial charge is 0.436 e. The summed E-state index contributed by atoms with van der Waals surface area (Å²) in [4.78, 5) is 20.3. The summed E-state index contributed by atoms with van der Waals surface area (Å²) in [5.41, 5.74) is 7.65. The van der Waals surface area contributed by atoms with Gasteiger partial charge < -0.3 is 15.5 Å². The first kappa shape index (κ1) is 24.9. The number of para-hydroxylation sites is 1. The van der Waals surface area contributed by atoms with Crippen molar-refractivity contribution in [2.75, 3.05) is 16.7 Å². The Kier molecular flexibility index (Phi) is 6.07. The summed E-state index contributed by atoms with van der Waals surface area (Å²) in [5, 5.41) is 4.59. The number of nitrogens with two attached hydrogens (primary N) is 1. The number of aryl methyl sites for hydroxylation is 1. The number of aromatic nitrogens is 4. The molecule has 0 aliphatic carbocycles. The molecule has 10 nitrogen and oxygen atoms in total. The summed E-state index contributed by atoms with van der Waals surface area (Å²) in [6, 6.07) is 11.3. The molecule has 0 saturated heterocycles. The maximum absolute atomic E-state index is 14.4. The molecule has 0 radical (unpaired) electrons. The lowest BCUT2D eigenvalue weighted by Crippen LogP contribution is -2.10. The molecule has 0 aliphatic heterocycles. The van der Waals surface area contributed by atoms with Crippen LogP contribution in [0.1, 0.15) is 21.6 Å². The van der Waals surface area contributed by atoms with Gasteiger partial charge in [-0.3, -0.25) is 9.52 Å². The number of aromatic amines is 1. The predicted octanol–water partition coefficient (Wildman–Crippen LogP) is 4.31. The van der Waals surface area contributed by atoms with Crippen molar-refractivity contribution in [1.82, 2.24) is 19.7 Å². The predicted molar refractivity (Wildman–Crippen MR) is 137 cm³/mol. The molecule has 0 aliphatic rings. The second kappa shape index (κ2) is 9.27. The number of anilines is 2. The fraction of sp³-hybridized carbons (Fsp3) is 0.0800. The first-order valence-electron chi connectivity index (χ1n) is 11.1. The maximum atomic E-state index is 14.4. The van der Waals surface area contributed by atoms with Crippen molar-refractivity contribution >= 4 is 38.2 Å². The van der Waals surface area contributed by atoms with E-state index >= 15 is 0 Å². The van der Waals surface area contributed by atoms with Crippen molar-refractivity contribution in [3.63, 3.8) is 0 Å². The van der Waals surface area contributed by atoms with Crippen LogP contribution >= 0.6 is 0 Å². The van der Waals surface area contributed by atoms with Gasteiger partial charge in [-0.05, 0) is 42.8 Å². The normalized spacial score (nSPS) is 11.6. The first-order valence-corrected chi connectivity index (χ1v) is 13.0. The molecule has 13 heteroatoms. The molecule has 0 saturated carbocycles. The van der Waals surface area contributed by atoms with E-state index in [0.29, 0.717) is 22.2 Å². The highest BCUT2D eigenvalue weighted by atomic mass is 32.2. The standard InChI is InChI=1S/C25H20F2N6O4S/c1-13-7-23(37-22-6-4-3-5-16(22)26)29-12-21(13)33-25(28)15(11-30-33)24(34)20-9-14-8-17(27)19(10-18(14)31-20)32-38(2,35)36/h3-12,31-32H,28H2,1-2H3. The second-order valence-corrected chi connectivity index (χ2v) is 10.3. The average molecular weight is 539 g/mol. The van der Waals surface area contributed by atoms with Crippen LogP contribution in [0.4, 0.5) is 20.3 Å². The average Bonchev–Trinajstić information content (AvgIpc) is 3.43. The Bertz CT molecular complexity index is 1830. The van der Waals surface area contributed by atoms with Gasteiger partial charge in [0.25, 0.3) is 0 Å². The minimum atomic E-state index is -3.70. The molecule has 5 rings (SSSR count). The van der Waals surface area contributed by atoms with Gasteiger partial charge in [-0.25, -0.2) is 26.9 Å². The lowest BCUT2D eigenvalue weighted by molar-refractivity contribution is 0.103. The number of H-pyrrole nitrogens is 1. The molecule has 3 heterocycles. The zero-order valence-electron chi connectivity index (χ0n) is 20.0. The number of rotatable bonds is 7. The lowest BCUT2D eigenvalue weighted by atomic mass is 10.1. The number of ether oxygens (including phenoxy) is 1. The van der Waals surface area contributed by atoms with Crippen molar-refractivity contribution in [2.45, 2.75) is 6.92 Å². The molecule has 0 bridgehead atoms. The van der Waals surface area contributed by atoms with Crippen molar-refractivity contribution in [2.24, 2.45) is 0 Å². The summed E-state index contributed by atoms with van der Waals surface area (Å²) in [5.74, 6) is -1.61. The Balaban J connectivity index is 1.43. The molecular formula is C25H20F2N6O4S. The summed E-state index contributed by atoms with van der Waals surface area (Å²) >= 11 is 0. The van der Waals surface area contributed by atoms with Crippen molar-refractivity contribution < 1.29 is 26.7 Å². The van der Waals surface area contributed by atoms with Gasteiger partial charge in [0, 0.05) is 17.0 Å². The fourth-order valence-corrected chi connectivity index (χ4v) is 4.42. The Morgan fingerprint density at radius 1 is 1.11 bits per heavy atom. The molecule has 5 aromatic rings. The number of ketones is 1. The van der Waals surface area contributed by atoms with E-state index in [-0.39, 0.29) is 34.4 Å². The van der Waals surface area contributed by atoms with E-state index in [2.05, 4.69) is 19.8 Å².